The van der Waals surface area contributed by atoms with Crippen LogP contribution in [0.25, 0.3) is 0 Å². The minimum Gasteiger partial charge on any atom is -0.395 e. The highest BCUT2D eigenvalue weighted by molar-refractivity contribution is 5.98. The molecule has 1 aliphatic carbocycles. The molecule has 0 saturated heterocycles. The maximum atomic E-state index is 12.9. The maximum Gasteiger partial charge on any atom is 0.274 e. The summed E-state index contributed by atoms with van der Waals surface area (Å²) < 4.78 is 1.58. The van der Waals surface area contributed by atoms with E-state index in [-0.39, 0.29) is 5.91 Å². The normalized spacial score (nSPS) is 14.2. The summed E-state index contributed by atoms with van der Waals surface area (Å²) in [5, 5.41) is 4.24. The molecule has 6 nitrogen and oxygen atoms in total. The van der Waals surface area contributed by atoms with Crippen LogP contribution in [0.15, 0.2) is 24.5 Å². The van der Waals surface area contributed by atoms with Gasteiger partial charge < -0.3 is 10.6 Å². The molecule has 2 aromatic rings. The number of anilines is 1. The number of aryl methyl sites for hydroxylation is 2. The van der Waals surface area contributed by atoms with Crippen LogP contribution in [-0.4, -0.2) is 31.6 Å². The zero-order valence-corrected chi connectivity index (χ0v) is 12.3. The summed E-state index contributed by atoms with van der Waals surface area (Å²) in [6.07, 6.45) is 5.59. The van der Waals surface area contributed by atoms with Gasteiger partial charge in [-0.3, -0.25) is 14.5 Å². The number of carbonyl (C=O) groups is 1. The molecule has 1 amide bonds. The number of nitrogens with two attached hydrogens (primary N) is 1. The van der Waals surface area contributed by atoms with Gasteiger partial charge in [0.25, 0.3) is 5.91 Å². The number of carbonyl (C=O) groups excluding carboxylic acids is 1. The molecule has 2 N–H and O–H groups in total. The SMILES string of the molecule is Cc1nn(C)c(C(=O)N(Cc2ccncc2)C2CC2)c1N. The highest BCUT2D eigenvalue weighted by Crippen LogP contribution is 2.31. The number of hydrogen-bond donors (Lipinski definition) is 1. The van der Waals surface area contributed by atoms with Gasteiger partial charge in [-0.05, 0) is 37.5 Å². The molecule has 1 aliphatic rings. The lowest BCUT2D eigenvalue weighted by Gasteiger charge is -2.22. The highest BCUT2D eigenvalue weighted by Gasteiger charge is 2.35. The van der Waals surface area contributed by atoms with Gasteiger partial charge in [0.2, 0.25) is 0 Å². The van der Waals surface area contributed by atoms with Crippen molar-refractivity contribution < 1.29 is 4.79 Å². The second-order valence-electron chi connectivity index (χ2n) is 5.49. The summed E-state index contributed by atoms with van der Waals surface area (Å²) in [4.78, 5) is 18.8. The largest absolute Gasteiger partial charge is 0.395 e. The molecular formula is C15H19N5O. The Morgan fingerprint density at radius 3 is 2.62 bits per heavy atom. The molecule has 0 unspecified atom stereocenters. The van der Waals surface area contributed by atoms with E-state index in [1.54, 1.807) is 24.1 Å². The van der Waals surface area contributed by atoms with E-state index in [1.165, 1.54) is 0 Å². The third-order valence-corrected chi connectivity index (χ3v) is 3.82. The summed E-state index contributed by atoms with van der Waals surface area (Å²) in [6.45, 7) is 2.39. The standard InChI is InChI=1S/C15H19N5O/c1-10-13(16)14(19(2)18-10)15(21)20(12-3-4-12)9-11-5-7-17-8-6-11/h5-8,12H,3-4,9,16H2,1-2H3. The maximum absolute atomic E-state index is 12.9. The van der Waals surface area contributed by atoms with Crippen molar-refractivity contribution in [1.29, 1.82) is 0 Å². The molecule has 110 valence electrons. The third-order valence-electron chi connectivity index (χ3n) is 3.82. The van der Waals surface area contributed by atoms with Gasteiger partial charge in [0.05, 0.1) is 11.4 Å². The quantitative estimate of drug-likeness (QED) is 0.923. The van der Waals surface area contributed by atoms with Crippen molar-refractivity contribution >= 4 is 11.6 Å². The van der Waals surface area contributed by atoms with Crippen molar-refractivity contribution in [2.45, 2.75) is 32.4 Å². The lowest BCUT2D eigenvalue weighted by atomic mass is 10.2. The molecule has 0 aromatic carbocycles. The van der Waals surface area contributed by atoms with Gasteiger partial charge in [0.15, 0.2) is 0 Å². The van der Waals surface area contributed by atoms with Crippen LogP contribution in [-0.2, 0) is 13.6 Å². The van der Waals surface area contributed by atoms with Crippen LogP contribution in [0.1, 0.15) is 34.6 Å². The van der Waals surface area contributed by atoms with Gasteiger partial charge in [0, 0.05) is 32.0 Å². The van der Waals surface area contributed by atoms with Gasteiger partial charge >= 0.3 is 0 Å². The Bertz CT molecular complexity index is 660. The molecule has 6 heteroatoms. The second-order valence-corrected chi connectivity index (χ2v) is 5.49. The van der Waals surface area contributed by atoms with Gasteiger partial charge in [-0.1, -0.05) is 0 Å². The molecule has 2 aromatic heterocycles. The van der Waals surface area contributed by atoms with Crippen LogP contribution in [0.3, 0.4) is 0 Å². The van der Waals surface area contributed by atoms with E-state index >= 15 is 0 Å². The fourth-order valence-electron chi connectivity index (χ4n) is 2.50. The number of nitrogen functional groups attached to an aromatic ring is 1. The van der Waals surface area contributed by atoms with Gasteiger partial charge in [-0.15, -0.1) is 0 Å². The molecule has 0 spiro atoms. The number of hydrogen-bond acceptors (Lipinski definition) is 4. The number of rotatable bonds is 4. The minimum absolute atomic E-state index is 0.0464. The highest BCUT2D eigenvalue weighted by atomic mass is 16.2. The summed E-state index contributed by atoms with van der Waals surface area (Å²) in [5.74, 6) is -0.0464. The van der Waals surface area contributed by atoms with Gasteiger partial charge in [-0.2, -0.15) is 5.10 Å². The predicted molar refractivity (Wildman–Crippen MR) is 79.5 cm³/mol. The molecule has 21 heavy (non-hydrogen) atoms. The summed E-state index contributed by atoms with van der Waals surface area (Å²) >= 11 is 0. The van der Waals surface area contributed by atoms with E-state index in [9.17, 15) is 4.79 Å². The van der Waals surface area contributed by atoms with Crippen molar-refractivity contribution in [3.8, 4) is 0 Å². The zero-order chi connectivity index (χ0) is 15.0. The minimum atomic E-state index is -0.0464. The van der Waals surface area contributed by atoms with Crippen LogP contribution in [0.5, 0.6) is 0 Å². The molecule has 3 rings (SSSR count). The Labute approximate surface area is 123 Å². The average Bonchev–Trinajstić information content (AvgIpc) is 3.26. The van der Waals surface area contributed by atoms with Crippen LogP contribution >= 0.6 is 0 Å². The monoisotopic (exact) mass is 285 g/mol. The van der Waals surface area contributed by atoms with Gasteiger partial charge in [-0.25, -0.2) is 0 Å². The van der Waals surface area contributed by atoms with Crippen LogP contribution < -0.4 is 5.73 Å². The van der Waals surface area contributed by atoms with Crippen LogP contribution in [0, 0.1) is 6.92 Å². The molecule has 1 saturated carbocycles. The Balaban J connectivity index is 1.89. The Morgan fingerprint density at radius 1 is 1.43 bits per heavy atom. The van der Waals surface area contributed by atoms with E-state index in [1.807, 2.05) is 24.0 Å². The molecule has 1 fully saturated rings. The Kier molecular flexibility index (Phi) is 3.37. The van der Waals surface area contributed by atoms with Crippen LogP contribution in [0.2, 0.25) is 0 Å². The van der Waals surface area contributed by atoms with E-state index in [0.29, 0.717) is 29.7 Å². The van der Waals surface area contributed by atoms with E-state index < -0.39 is 0 Å². The second kappa shape index (κ2) is 5.20. The fourth-order valence-corrected chi connectivity index (χ4v) is 2.50. The lowest BCUT2D eigenvalue weighted by molar-refractivity contribution is 0.0720. The van der Waals surface area contributed by atoms with E-state index in [4.69, 9.17) is 5.73 Å². The first-order valence-electron chi connectivity index (χ1n) is 7.07. The average molecular weight is 285 g/mol. The third kappa shape index (κ3) is 2.61. The number of pyridine rings is 1. The molecule has 0 bridgehead atoms. The summed E-state index contributed by atoms with van der Waals surface area (Å²) in [7, 11) is 1.76. The Hall–Kier alpha value is -2.37. The smallest absolute Gasteiger partial charge is 0.274 e. The first-order valence-corrected chi connectivity index (χ1v) is 7.07. The summed E-state index contributed by atoms with van der Waals surface area (Å²) in [5.41, 5.74) is 8.74. The van der Waals surface area contributed by atoms with Crippen molar-refractivity contribution in [2.24, 2.45) is 7.05 Å². The predicted octanol–water partition coefficient (Wildman–Crippen LogP) is 1.51. The zero-order valence-electron chi connectivity index (χ0n) is 12.3. The first kappa shape index (κ1) is 13.6. The van der Waals surface area contributed by atoms with Crippen molar-refractivity contribution in [2.75, 3.05) is 5.73 Å². The van der Waals surface area contributed by atoms with E-state index in [2.05, 4.69) is 10.1 Å². The lowest BCUT2D eigenvalue weighted by Crippen LogP contribution is -2.34. The number of aromatic nitrogens is 3. The summed E-state index contributed by atoms with van der Waals surface area (Å²) in [6, 6.07) is 4.17. The number of amides is 1. The van der Waals surface area contributed by atoms with Crippen molar-refractivity contribution in [3.63, 3.8) is 0 Å². The van der Waals surface area contributed by atoms with E-state index in [0.717, 1.165) is 18.4 Å². The molecule has 0 atom stereocenters. The fraction of sp³-hybridized carbons (Fsp3) is 0.400. The number of nitrogens with zero attached hydrogens (tertiary/aromatic N) is 4. The molecule has 0 aliphatic heterocycles. The molecule has 0 radical (unpaired) electrons. The van der Waals surface area contributed by atoms with Gasteiger partial charge in [0.1, 0.15) is 5.69 Å². The topological polar surface area (TPSA) is 77.0 Å². The Morgan fingerprint density at radius 2 is 2.10 bits per heavy atom. The van der Waals surface area contributed by atoms with Crippen molar-refractivity contribution in [1.82, 2.24) is 19.7 Å². The van der Waals surface area contributed by atoms with Crippen LogP contribution in [0.4, 0.5) is 5.69 Å². The molecular weight excluding hydrogens is 266 g/mol. The molecule has 2 heterocycles. The first-order chi connectivity index (χ1) is 10.1. The van der Waals surface area contributed by atoms with Crippen molar-refractivity contribution in [3.05, 3.63) is 41.5 Å².